The second kappa shape index (κ2) is 8.44. The van der Waals surface area contributed by atoms with Crippen molar-refractivity contribution in [1.29, 1.82) is 0 Å². The minimum atomic E-state index is -4.26. The van der Waals surface area contributed by atoms with Gasteiger partial charge in [0.2, 0.25) is 16.0 Å². The van der Waals surface area contributed by atoms with E-state index in [0.717, 1.165) is 12.8 Å². The van der Waals surface area contributed by atoms with E-state index in [-0.39, 0.29) is 16.5 Å². The third-order valence-corrected chi connectivity index (χ3v) is 8.21. The van der Waals surface area contributed by atoms with Crippen LogP contribution in [0.5, 0.6) is 0 Å². The van der Waals surface area contributed by atoms with E-state index >= 15 is 0 Å². The number of hydrogen-bond donors (Lipinski definition) is 2. The highest BCUT2D eigenvalue weighted by Crippen LogP contribution is 2.43. The van der Waals surface area contributed by atoms with Gasteiger partial charge in [-0.15, -0.1) is 0 Å². The number of carbonyl (C=O) groups is 1. The minimum absolute atomic E-state index is 0.111. The zero-order valence-corrected chi connectivity index (χ0v) is 19.6. The molecule has 0 amide bonds. The molecule has 2 N–H and O–H groups in total. The number of carboxylic acids is 1. The number of aliphatic carboxylic acids is 1. The molecule has 0 saturated carbocycles. The van der Waals surface area contributed by atoms with E-state index in [4.69, 9.17) is 20.4 Å². The number of benzene rings is 1. The fourth-order valence-electron chi connectivity index (χ4n) is 3.93. The van der Waals surface area contributed by atoms with Gasteiger partial charge in [0.1, 0.15) is 6.04 Å². The number of rotatable bonds is 5. The first-order chi connectivity index (χ1) is 15.0. The van der Waals surface area contributed by atoms with Gasteiger partial charge in [0.05, 0.1) is 30.8 Å². The standard InChI is InChI=1S/C19H19B2BrN4O5S/c1-10(17(27)28)26-19(20,21)13-3-2-11(8-15(13)32(26,29)30)16-14(22)9-23-18(25-16)24-12-4-6-31-7-5-12/h2-3,8-10,12H,4-7H2,1H3,(H,27,28)(H,23,24,25)/t10-/m1/s1. The molecule has 4 radical (unpaired) electrons. The lowest BCUT2D eigenvalue weighted by Gasteiger charge is -2.34. The van der Waals surface area contributed by atoms with Gasteiger partial charge in [0.25, 0.3) is 0 Å². The summed E-state index contributed by atoms with van der Waals surface area (Å²) in [7, 11) is 7.94. The van der Waals surface area contributed by atoms with Crippen LogP contribution in [-0.4, -0.2) is 74.8 Å². The van der Waals surface area contributed by atoms with Crippen LogP contribution in [0.3, 0.4) is 0 Å². The molecule has 1 aromatic carbocycles. The van der Waals surface area contributed by atoms with E-state index in [9.17, 15) is 18.3 Å². The largest absolute Gasteiger partial charge is 0.480 e. The van der Waals surface area contributed by atoms with Crippen LogP contribution in [0.2, 0.25) is 0 Å². The molecule has 1 aromatic heterocycles. The van der Waals surface area contributed by atoms with Crippen molar-refractivity contribution in [2.24, 2.45) is 0 Å². The molecule has 2 aromatic rings. The van der Waals surface area contributed by atoms with E-state index in [0.29, 0.717) is 39.2 Å². The molecular formula is C19H19B2BrN4O5S. The SMILES string of the molecule is [B]C1([B])c2ccc(-c3nc(NC4CCOCC4)ncc3Br)cc2S(=O)(=O)N1[C@H](C)C(=O)O. The molecule has 164 valence electrons. The predicted octanol–water partition coefficient (Wildman–Crippen LogP) is 1.42. The summed E-state index contributed by atoms with van der Waals surface area (Å²) in [6, 6.07) is 3.25. The van der Waals surface area contributed by atoms with Crippen LogP contribution >= 0.6 is 15.9 Å². The normalized spacial score (nSPS) is 21.1. The molecule has 0 unspecified atom stereocenters. The second-order valence-electron chi connectivity index (χ2n) is 7.77. The van der Waals surface area contributed by atoms with Crippen LogP contribution in [0.25, 0.3) is 11.3 Å². The van der Waals surface area contributed by atoms with Crippen molar-refractivity contribution in [3.63, 3.8) is 0 Å². The molecule has 3 heterocycles. The molecule has 4 rings (SSSR count). The first kappa shape index (κ1) is 23.2. The van der Waals surface area contributed by atoms with Crippen molar-refractivity contribution < 1.29 is 23.1 Å². The molecular weight excluding hydrogens is 498 g/mol. The maximum atomic E-state index is 13.2. The number of nitrogens with zero attached hydrogens (tertiary/aromatic N) is 3. The van der Waals surface area contributed by atoms with Crippen LogP contribution in [-0.2, 0) is 24.9 Å². The Labute approximate surface area is 197 Å². The van der Waals surface area contributed by atoms with Crippen molar-refractivity contribution in [1.82, 2.24) is 14.3 Å². The lowest BCUT2D eigenvalue weighted by atomic mass is 9.57. The van der Waals surface area contributed by atoms with Crippen molar-refractivity contribution in [2.75, 3.05) is 18.5 Å². The highest BCUT2D eigenvalue weighted by molar-refractivity contribution is 9.10. The molecule has 1 saturated heterocycles. The number of carboxylic acid groups (broad SMARTS) is 1. The molecule has 13 heteroatoms. The van der Waals surface area contributed by atoms with Gasteiger partial charge in [-0.25, -0.2) is 18.4 Å². The predicted molar refractivity (Wildman–Crippen MR) is 122 cm³/mol. The summed E-state index contributed by atoms with van der Waals surface area (Å²) in [6.45, 7) is 2.54. The average Bonchev–Trinajstić information content (AvgIpc) is 2.90. The Bertz CT molecular complexity index is 1170. The maximum absolute atomic E-state index is 13.2. The highest BCUT2D eigenvalue weighted by Gasteiger charge is 2.51. The van der Waals surface area contributed by atoms with Gasteiger partial charge < -0.3 is 15.2 Å². The molecule has 2 aliphatic heterocycles. The van der Waals surface area contributed by atoms with Crippen molar-refractivity contribution in [2.45, 2.75) is 42.1 Å². The number of hydrogen-bond acceptors (Lipinski definition) is 7. The fourth-order valence-corrected chi connectivity index (χ4v) is 6.35. The van der Waals surface area contributed by atoms with E-state index < -0.39 is 27.4 Å². The summed E-state index contributed by atoms with van der Waals surface area (Å²) >= 11 is 3.42. The average molecular weight is 517 g/mol. The van der Waals surface area contributed by atoms with E-state index in [1.807, 2.05) is 0 Å². The van der Waals surface area contributed by atoms with Gasteiger partial charge in [-0.2, -0.15) is 4.31 Å². The Balaban J connectivity index is 1.74. The van der Waals surface area contributed by atoms with Gasteiger partial charge in [0, 0.05) is 31.0 Å². The van der Waals surface area contributed by atoms with Crippen LogP contribution in [0.1, 0.15) is 25.3 Å². The molecule has 1 fully saturated rings. The Kier molecular flexibility index (Phi) is 6.12. The zero-order chi connectivity index (χ0) is 23.3. The topological polar surface area (TPSA) is 122 Å². The number of sulfonamides is 1. The summed E-state index contributed by atoms with van der Waals surface area (Å²) in [5.74, 6) is -0.948. The minimum Gasteiger partial charge on any atom is -0.480 e. The van der Waals surface area contributed by atoms with Gasteiger partial charge in [0.15, 0.2) is 0 Å². The van der Waals surface area contributed by atoms with E-state index in [1.54, 1.807) is 12.3 Å². The van der Waals surface area contributed by atoms with Crippen molar-refractivity contribution in [3.05, 3.63) is 34.4 Å². The molecule has 0 bridgehead atoms. The third-order valence-electron chi connectivity index (χ3n) is 5.60. The molecule has 32 heavy (non-hydrogen) atoms. The smallest absolute Gasteiger partial charge is 0.321 e. The zero-order valence-electron chi connectivity index (χ0n) is 17.2. The van der Waals surface area contributed by atoms with Gasteiger partial charge in [-0.1, -0.05) is 12.1 Å². The monoisotopic (exact) mass is 516 g/mol. The number of fused-ring (bicyclic) bond motifs is 1. The summed E-state index contributed by atoms with van der Waals surface area (Å²) in [5, 5.41) is 10.6. The Hall–Kier alpha value is -1.95. The van der Waals surface area contributed by atoms with Crippen molar-refractivity contribution in [3.8, 4) is 11.3 Å². The number of nitrogens with one attached hydrogen (secondary N) is 1. The quantitative estimate of drug-likeness (QED) is 0.572. The van der Waals surface area contributed by atoms with Gasteiger partial charge in [-0.3, -0.25) is 4.79 Å². The van der Waals surface area contributed by atoms with Gasteiger partial charge >= 0.3 is 5.97 Å². The number of aromatic nitrogens is 2. The Morgan fingerprint density at radius 2 is 2.06 bits per heavy atom. The molecule has 1 atom stereocenters. The summed E-state index contributed by atoms with van der Waals surface area (Å²) in [4.78, 5) is 20.2. The summed E-state index contributed by atoms with van der Waals surface area (Å²) in [5.41, 5.74) is 1.06. The van der Waals surface area contributed by atoms with E-state index in [1.165, 1.54) is 19.1 Å². The summed E-state index contributed by atoms with van der Waals surface area (Å²) < 4.78 is 32.9. The third kappa shape index (κ3) is 3.95. The number of ether oxygens (including phenoxy) is 1. The van der Waals surface area contributed by atoms with Gasteiger partial charge in [-0.05, 0) is 52.7 Å². The Morgan fingerprint density at radius 3 is 2.72 bits per heavy atom. The fraction of sp³-hybridized carbons (Fsp3) is 0.421. The Morgan fingerprint density at radius 1 is 1.38 bits per heavy atom. The van der Waals surface area contributed by atoms with Crippen molar-refractivity contribution >= 4 is 53.6 Å². The van der Waals surface area contributed by atoms with Crippen LogP contribution in [0, 0.1) is 0 Å². The molecule has 2 aliphatic rings. The summed E-state index contributed by atoms with van der Waals surface area (Å²) in [6.07, 6.45) is 3.25. The van der Waals surface area contributed by atoms with Crippen LogP contribution < -0.4 is 5.32 Å². The second-order valence-corrected chi connectivity index (χ2v) is 10.4. The van der Waals surface area contributed by atoms with Crippen LogP contribution in [0.15, 0.2) is 33.8 Å². The lowest BCUT2D eigenvalue weighted by molar-refractivity contribution is -0.141. The lowest BCUT2D eigenvalue weighted by Crippen LogP contribution is -2.52. The van der Waals surface area contributed by atoms with Crippen LogP contribution in [0.4, 0.5) is 5.95 Å². The van der Waals surface area contributed by atoms with E-state index in [2.05, 4.69) is 31.2 Å². The molecule has 0 aliphatic carbocycles. The first-order valence-corrected chi connectivity index (χ1v) is 12.1. The first-order valence-electron chi connectivity index (χ1n) is 9.90. The maximum Gasteiger partial charge on any atom is 0.321 e. The highest BCUT2D eigenvalue weighted by atomic mass is 79.9. The number of anilines is 1. The number of halogens is 1. The molecule has 0 spiro atoms. The molecule has 9 nitrogen and oxygen atoms in total.